The highest BCUT2D eigenvalue weighted by atomic mass is 32.1. The van der Waals surface area contributed by atoms with E-state index in [2.05, 4.69) is 55.1 Å². The number of guanidine groups is 1. The number of aromatic nitrogens is 1. The lowest BCUT2D eigenvalue weighted by atomic mass is 10.0. The van der Waals surface area contributed by atoms with Crippen LogP contribution in [0, 0.1) is 19.8 Å². The van der Waals surface area contributed by atoms with E-state index in [9.17, 15) is 0 Å². The number of hydrogen-bond acceptors (Lipinski definition) is 5. The Hall–Kier alpha value is -1.18. The Balaban J connectivity index is 1.91. The van der Waals surface area contributed by atoms with Gasteiger partial charge in [0.15, 0.2) is 5.96 Å². The summed E-state index contributed by atoms with van der Waals surface area (Å²) >= 11 is 1.79. The summed E-state index contributed by atoms with van der Waals surface area (Å²) in [6.45, 7) is 17.1. The predicted octanol–water partition coefficient (Wildman–Crippen LogP) is 2.60. The van der Waals surface area contributed by atoms with Gasteiger partial charge in [0.25, 0.3) is 0 Å². The van der Waals surface area contributed by atoms with Gasteiger partial charge in [-0.15, -0.1) is 11.3 Å². The second-order valence-corrected chi connectivity index (χ2v) is 8.86. The minimum absolute atomic E-state index is 0.482. The van der Waals surface area contributed by atoms with Crippen LogP contribution in [0.5, 0.6) is 0 Å². The number of aliphatic imine (C=N–C) groups is 1. The van der Waals surface area contributed by atoms with Gasteiger partial charge in [0.05, 0.1) is 30.5 Å². The van der Waals surface area contributed by atoms with Crippen LogP contribution in [0.15, 0.2) is 4.99 Å². The quantitative estimate of drug-likeness (QED) is 0.497. The Kier molecular flexibility index (Phi) is 9.51. The first kappa shape index (κ1) is 22.1. The number of nitrogens with zero attached hydrogens (tertiary/aromatic N) is 3. The second-order valence-electron chi connectivity index (χ2n) is 7.57. The molecule has 1 atom stereocenters. The molecule has 0 spiro atoms. The lowest BCUT2D eigenvalue weighted by Gasteiger charge is -2.34. The van der Waals surface area contributed by atoms with E-state index in [1.165, 1.54) is 11.3 Å². The van der Waals surface area contributed by atoms with E-state index in [0.717, 1.165) is 69.0 Å². The van der Waals surface area contributed by atoms with Crippen LogP contribution in [-0.2, 0) is 11.2 Å². The van der Waals surface area contributed by atoms with Crippen molar-refractivity contribution in [3.63, 3.8) is 0 Å². The molecule has 6 nitrogen and oxygen atoms in total. The fourth-order valence-corrected chi connectivity index (χ4v) is 4.40. The van der Waals surface area contributed by atoms with Crippen molar-refractivity contribution in [2.45, 2.75) is 53.5 Å². The lowest BCUT2D eigenvalue weighted by molar-refractivity contribution is 0.0143. The number of hydrogen-bond donors (Lipinski definition) is 2. The number of ether oxygens (including phenoxy) is 1. The number of rotatable bonds is 9. The van der Waals surface area contributed by atoms with Crippen LogP contribution >= 0.6 is 11.3 Å². The number of aryl methyl sites for hydroxylation is 2. The Morgan fingerprint density at radius 1 is 1.26 bits per heavy atom. The molecule has 2 rings (SSSR count). The maximum Gasteiger partial charge on any atom is 0.191 e. The molecule has 0 aromatic carbocycles. The molecule has 1 aromatic rings. The van der Waals surface area contributed by atoms with Gasteiger partial charge in [-0.05, 0) is 33.1 Å². The van der Waals surface area contributed by atoms with Crippen LogP contribution in [0.3, 0.4) is 0 Å². The van der Waals surface area contributed by atoms with E-state index in [1.54, 1.807) is 11.3 Å². The average Bonchev–Trinajstić information content (AvgIpc) is 2.96. The van der Waals surface area contributed by atoms with E-state index in [1.807, 2.05) is 0 Å². The van der Waals surface area contributed by atoms with Gasteiger partial charge in [-0.3, -0.25) is 9.89 Å². The molecule has 154 valence electrons. The highest BCUT2D eigenvalue weighted by Gasteiger charge is 2.21. The second kappa shape index (κ2) is 11.6. The normalized spacial score (nSPS) is 17.3. The zero-order valence-corrected chi connectivity index (χ0v) is 18.5. The van der Waals surface area contributed by atoms with E-state index >= 15 is 0 Å². The first-order valence-electron chi connectivity index (χ1n) is 10.3. The number of morpholine rings is 1. The summed E-state index contributed by atoms with van der Waals surface area (Å²) in [5.74, 6) is 1.58. The molecule has 0 amide bonds. The minimum atomic E-state index is 0.482. The smallest absolute Gasteiger partial charge is 0.191 e. The maximum absolute atomic E-state index is 5.52. The molecular formula is C20H37N5OS. The van der Waals surface area contributed by atoms with E-state index in [-0.39, 0.29) is 0 Å². The molecule has 27 heavy (non-hydrogen) atoms. The number of nitrogens with one attached hydrogen (secondary N) is 2. The number of thiazole rings is 1. The minimum Gasteiger partial charge on any atom is -0.379 e. The third kappa shape index (κ3) is 7.76. The average molecular weight is 396 g/mol. The van der Waals surface area contributed by atoms with Crippen molar-refractivity contribution in [1.29, 1.82) is 0 Å². The van der Waals surface area contributed by atoms with Gasteiger partial charge >= 0.3 is 0 Å². The first-order valence-corrected chi connectivity index (χ1v) is 11.1. The molecule has 0 saturated carbocycles. The molecule has 0 bridgehead atoms. The van der Waals surface area contributed by atoms with E-state index < -0.39 is 0 Å². The SMILES string of the molecule is CCNC(=NCC(CC(C)C)N1CCOCC1)NCCc1sc(C)nc1C. The van der Waals surface area contributed by atoms with Gasteiger partial charge in [0.1, 0.15) is 0 Å². The topological polar surface area (TPSA) is 61.8 Å². The monoisotopic (exact) mass is 395 g/mol. The molecule has 1 fully saturated rings. The summed E-state index contributed by atoms with van der Waals surface area (Å²) < 4.78 is 5.52. The standard InChI is InChI=1S/C20H37N5OS/c1-6-21-20(22-8-7-19-16(4)24-17(5)27-19)23-14-18(13-15(2)3)25-9-11-26-12-10-25/h15,18H,6-14H2,1-5H3,(H2,21,22,23). The van der Waals surface area contributed by atoms with Crippen molar-refractivity contribution in [3.05, 3.63) is 15.6 Å². The van der Waals surface area contributed by atoms with Gasteiger partial charge in [0, 0.05) is 43.5 Å². The predicted molar refractivity (Wildman–Crippen MR) is 115 cm³/mol. The van der Waals surface area contributed by atoms with Crippen LogP contribution in [0.4, 0.5) is 0 Å². The van der Waals surface area contributed by atoms with E-state index in [0.29, 0.717) is 12.0 Å². The molecule has 7 heteroatoms. The maximum atomic E-state index is 5.52. The van der Waals surface area contributed by atoms with Gasteiger partial charge in [-0.25, -0.2) is 4.98 Å². The molecule has 0 radical (unpaired) electrons. The molecule has 1 unspecified atom stereocenters. The fraction of sp³-hybridized carbons (Fsp3) is 0.800. The van der Waals surface area contributed by atoms with Gasteiger partial charge in [-0.2, -0.15) is 0 Å². The summed E-state index contributed by atoms with van der Waals surface area (Å²) in [6.07, 6.45) is 2.16. The summed E-state index contributed by atoms with van der Waals surface area (Å²) in [7, 11) is 0. The Morgan fingerprint density at radius 3 is 2.59 bits per heavy atom. The van der Waals surface area contributed by atoms with Crippen LogP contribution < -0.4 is 10.6 Å². The molecule has 1 saturated heterocycles. The highest BCUT2D eigenvalue weighted by molar-refractivity contribution is 7.11. The zero-order valence-electron chi connectivity index (χ0n) is 17.7. The van der Waals surface area contributed by atoms with Crippen molar-refractivity contribution in [3.8, 4) is 0 Å². The largest absolute Gasteiger partial charge is 0.379 e. The van der Waals surface area contributed by atoms with Crippen LogP contribution in [0.2, 0.25) is 0 Å². The van der Waals surface area contributed by atoms with Crippen LogP contribution in [0.1, 0.15) is 42.8 Å². The molecule has 1 aromatic heterocycles. The summed E-state index contributed by atoms with van der Waals surface area (Å²) in [4.78, 5) is 13.3. The Morgan fingerprint density at radius 2 is 2.00 bits per heavy atom. The van der Waals surface area contributed by atoms with Crippen molar-refractivity contribution >= 4 is 17.3 Å². The van der Waals surface area contributed by atoms with Crippen molar-refractivity contribution in [1.82, 2.24) is 20.5 Å². The fourth-order valence-electron chi connectivity index (χ4n) is 3.46. The van der Waals surface area contributed by atoms with Crippen LogP contribution in [-0.4, -0.2) is 67.8 Å². The molecule has 0 aliphatic carbocycles. The molecule has 2 heterocycles. The zero-order chi connectivity index (χ0) is 19.6. The van der Waals surface area contributed by atoms with Crippen molar-refractivity contribution in [2.24, 2.45) is 10.9 Å². The van der Waals surface area contributed by atoms with Gasteiger partial charge in [0.2, 0.25) is 0 Å². The molecular weight excluding hydrogens is 358 g/mol. The van der Waals surface area contributed by atoms with Crippen molar-refractivity contribution < 1.29 is 4.74 Å². The van der Waals surface area contributed by atoms with E-state index in [4.69, 9.17) is 9.73 Å². The van der Waals surface area contributed by atoms with Gasteiger partial charge < -0.3 is 15.4 Å². The molecule has 1 aliphatic rings. The van der Waals surface area contributed by atoms with Gasteiger partial charge in [-0.1, -0.05) is 13.8 Å². The van der Waals surface area contributed by atoms with Crippen molar-refractivity contribution in [2.75, 3.05) is 45.9 Å². The Bertz CT molecular complexity index is 581. The first-order chi connectivity index (χ1) is 13.0. The lowest BCUT2D eigenvalue weighted by Crippen LogP contribution is -2.46. The Labute approximate surface area is 168 Å². The van der Waals surface area contributed by atoms with Crippen LogP contribution in [0.25, 0.3) is 0 Å². The summed E-state index contributed by atoms with van der Waals surface area (Å²) in [6, 6.07) is 0.482. The highest BCUT2D eigenvalue weighted by Crippen LogP contribution is 2.17. The summed E-state index contributed by atoms with van der Waals surface area (Å²) in [5.41, 5.74) is 1.16. The third-order valence-electron chi connectivity index (χ3n) is 4.75. The summed E-state index contributed by atoms with van der Waals surface area (Å²) in [5, 5.41) is 8.02. The third-order valence-corrected chi connectivity index (χ3v) is 5.89. The molecule has 2 N–H and O–H groups in total. The molecule has 1 aliphatic heterocycles.